The van der Waals surface area contributed by atoms with E-state index < -0.39 is 0 Å². The summed E-state index contributed by atoms with van der Waals surface area (Å²) in [6.45, 7) is 3.13. The average Bonchev–Trinajstić information content (AvgIpc) is 2.98. The fraction of sp³-hybridized carbons (Fsp3) is 0.250. The number of rotatable bonds is 6. The maximum atomic E-state index is 12.3. The third kappa shape index (κ3) is 4.62. The van der Waals surface area contributed by atoms with Gasteiger partial charge in [-0.05, 0) is 35.6 Å². The van der Waals surface area contributed by atoms with E-state index in [2.05, 4.69) is 29.1 Å². The molecule has 3 aromatic rings. The first-order valence-corrected chi connectivity index (χ1v) is 8.36. The molecule has 1 unspecified atom stereocenters. The molecule has 0 spiro atoms. The quantitative estimate of drug-likeness (QED) is 0.682. The molecule has 0 saturated carbocycles. The van der Waals surface area contributed by atoms with Crippen LogP contribution in [0, 0.1) is 0 Å². The fourth-order valence-corrected chi connectivity index (χ4v) is 2.93. The topological polar surface area (TPSA) is 60.0 Å². The molecule has 0 bridgehead atoms. The number of hydrogen-bond donors (Lipinski definition) is 2. The van der Waals surface area contributed by atoms with E-state index >= 15 is 0 Å². The van der Waals surface area contributed by atoms with Gasteiger partial charge in [-0.1, -0.05) is 43.3 Å². The van der Waals surface area contributed by atoms with E-state index in [1.165, 1.54) is 5.39 Å². The molecule has 1 heterocycles. The summed E-state index contributed by atoms with van der Waals surface area (Å²) in [6.07, 6.45) is 3.43. The van der Waals surface area contributed by atoms with Gasteiger partial charge in [0.05, 0.1) is 5.52 Å². The SMILES string of the molecule is CCCn1ccc2ccc(NC(=O)CC(N)c3ccccc3)cc21.Cl. The molecule has 0 radical (unpaired) electrons. The molecule has 0 fully saturated rings. The van der Waals surface area contributed by atoms with Gasteiger partial charge in [0.1, 0.15) is 0 Å². The number of nitrogens with zero attached hydrogens (tertiary/aromatic N) is 1. The van der Waals surface area contributed by atoms with Gasteiger partial charge in [-0.3, -0.25) is 4.79 Å². The van der Waals surface area contributed by atoms with Crippen molar-refractivity contribution in [3.05, 3.63) is 66.4 Å². The van der Waals surface area contributed by atoms with Gasteiger partial charge in [-0.15, -0.1) is 12.4 Å². The van der Waals surface area contributed by atoms with Gasteiger partial charge < -0.3 is 15.6 Å². The summed E-state index contributed by atoms with van der Waals surface area (Å²) in [5, 5.41) is 4.14. The number of fused-ring (bicyclic) bond motifs is 1. The maximum absolute atomic E-state index is 12.3. The highest BCUT2D eigenvalue weighted by Crippen LogP contribution is 2.22. The van der Waals surface area contributed by atoms with Crippen molar-refractivity contribution in [1.29, 1.82) is 0 Å². The second kappa shape index (κ2) is 8.70. The highest BCUT2D eigenvalue weighted by molar-refractivity contribution is 5.94. The van der Waals surface area contributed by atoms with Crippen LogP contribution in [0.4, 0.5) is 5.69 Å². The number of nitrogens with two attached hydrogens (primary N) is 1. The lowest BCUT2D eigenvalue weighted by Crippen LogP contribution is -2.20. The van der Waals surface area contributed by atoms with Gasteiger partial charge >= 0.3 is 0 Å². The average molecular weight is 358 g/mol. The lowest BCUT2D eigenvalue weighted by Gasteiger charge is -2.12. The molecule has 2 aromatic carbocycles. The second-order valence-corrected chi connectivity index (χ2v) is 6.05. The molecule has 0 saturated heterocycles. The zero-order valence-electron chi connectivity index (χ0n) is 14.3. The van der Waals surface area contributed by atoms with Gasteiger partial charge in [-0.2, -0.15) is 0 Å². The van der Waals surface area contributed by atoms with Crippen molar-refractivity contribution in [2.75, 3.05) is 5.32 Å². The molecule has 3 rings (SSSR count). The summed E-state index contributed by atoms with van der Waals surface area (Å²) >= 11 is 0. The van der Waals surface area contributed by atoms with Crippen molar-refractivity contribution in [3.63, 3.8) is 0 Å². The zero-order chi connectivity index (χ0) is 16.9. The third-order valence-electron chi connectivity index (χ3n) is 4.16. The Labute approximate surface area is 154 Å². The normalized spacial score (nSPS) is 11.8. The number of aryl methyl sites for hydroxylation is 1. The van der Waals surface area contributed by atoms with Crippen molar-refractivity contribution in [2.45, 2.75) is 32.4 Å². The zero-order valence-corrected chi connectivity index (χ0v) is 15.1. The summed E-state index contributed by atoms with van der Waals surface area (Å²) in [5.41, 5.74) is 9.04. The number of amides is 1. The van der Waals surface area contributed by atoms with Crippen molar-refractivity contribution in [2.24, 2.45) is 5.73 Å². The van der Waals surface area contributed by atoms with Gasteiger partial charge in [0.2, 0.25) is 5.91 Å². The fourth-order valence-electron chi connectivity index (χ4n) is 2.93. The van der Waals surface area contributed by atoms with E-state index in [4.69, 9.17) is 5.73 Å². The van der Waals surface area contributed by atoms with E-state index in [9.17, 15) is 4.79 Å². The summed E-state index contributed by atoms with van der Waals surface area (Å²) < 4.78 is 2.21. The molecule has 5 heteroatoms. The van der Waals surface area contributed by atoms with Crippen molar-refractivity contribution in [3.8, 4) is 0 Å². The number of carbonyl (C=O) groups is 1. The predicted octanol–water partition coefficient (Wildman–Crippen LogP) is 4.50. The van der Waals surface area contributed by atoms with Crippen LogP contribution >= 0.6 is 12.4 Å². The predicted molar refractivity (Wildman–Crippen MR) is 106 cm³/mol. The lowest BCUT2D eigenvalue weighted by molar-refractivity contribution is -0.116. The summed E-state index contributed by atoms with van der Waals surface area (Å²) in [7, 11) is 0. The van der Waals surface area contributed by atoms with Crippen molar-refractivity contribution >= 4 is 34.9 Å². The summed E-state index contributed by atoms with van der Waals surface area (Å²) in [4.78, 5) is 12.3. The summed E-state index contributed by atoms with van der Waals surface area (Å²) in [5.74, 6) is -0.0701. The number of carbonyl (C=O) groups excluding carboxylic acids is 1. The second-order valence-electron chi connectivity index (χ2n) is 6.05. The molecule has 4 nitrogen and oxygen atoms in total. The number of anilines is 1. The van der Waals surface area contributed by atoms with Crippen LogP contribution in [0.2, 0.25) is 0 Å². The Bertz CT molecular complexity index is 829. The minimum atomic E-state index is -0.293. The molecule has 0 aliphatic rings. The van der Waals surface area contributed by atoms with E-state index in [1.807, 2.05) is 48.5 Å². The van der Waals surface area contributed by atoms with E-state index in [0.717, 1.165) is 29.7 Å². The first-order valence-electron chi connectivity index (χ1n) is 8.36. The highest BCUT2D eigenvalue weighted by atomic mass is 35.5. The molecular weight excluding hydrogens is 334 g/mol. The number of hydrogen-bond acceptors (Lipinski definition) is 2. The Balaban J connectivity index is 0.00000225. The molecule has 1 amide bonds. The highest BCUT2D eigenvalue weighted by Gasteiger charge is 2.12. The molecule has 1 atom stereocenters. The Morgan fingerprint density at radius 1 is 1.16 bits per heavy atom. The van der Waals surface area contributed by atoms with Crippen LogP contribution in [-0.2, 0) is 11.3 Å². The Kier molecular flexibility index (Phi) is 6.62. The van der Waals surface area contributed by atoms with Gasteiger partial charge in [0, 0.05) is 30.9 Å². The van der Waals surface area contributed by atoms with Crippen LogP contribution in [-0.4, -0.2) is 10.5 Å². The lowest BCUT2D eigenvalue weighted by atomic mass is 10.0. The first kappa shape index (κ1) is 19.0. The Hall–Kier alpha value is -2.30. The third-order valence-corrected chi connectivity index (χ3v) is 4.16. The number of halogens is 1. The van der Waals surface area contributed by atoms with Crippen molar-refractivity contribution in [1.82, 2.24) is 4.57 Å². The van der Waals surface area contributed by atoms with Crippen LogP contribution in [0.15, 0.2) is 60.8 Å². The molecule has 3 N–H and O–H groups in total. The Morgan fingerprint density at radius 3 is 2.64 bits per heavy atom. The smallest absolute Gasteiger partial charge is 0.226 e. The van der Waals surface area contributed by atoms with E-state index in [-0.39, 0.29) is 30.8 Å². The number of aromatic nitrogens is 1. The minimum Gasteiger partial charge on any atom is -0.347 e. The maximum Gasteiger partial charge on any atom is 0.226 e. The van der Waals surface area contributed by atoms with E-state index in [1.54, 1.807) is 0 Å². The number of nitrogens with one attached hydrogen (secondary N) is 1. The van der Waals surface area contributed by atoms with Gasteiger partial charge in [-0.25, -0.2) is 0 Å². The molecule has 1 aromatic heterocycles. The van der Waals surface area contributed by atoms with Crippen LogP contribution < -0.4 is 11.1 Å². The van der Waals surface area contributed by atoms with Crippen LogP contribution in [0.3, 0.4) is 0 Å². The summed E-state index contributed by atoms with van der Waals surface area (Å²) in [6, 6.07) is 17.5. The van der Waals surface area contributed by atoms with E-state index in [0.29, 0.717) is 0 Å². The number of benzene rings is 2. The minimum absolute atomic E-state index is 0. The first-order chi connectivity index (χ1) is 11.7. The molecule has 25 heavy (non-hydrogen) atoms. The van der Waals surface area contributed by atoms with Crippen LogP contribution in [0.25, 0.3) is 10.9 Å². The molecule has 0 aliphatic heterocycles. The van der Waals surface area contributed by atoms with Gasteiger partial charge in [0.15, 0.2) is 0 Å². The van der Waals surface area contributed by atoms with Crippen LogP contribution in [0.1, 0.15) is 31.4 Å². The molecule has 132 valence electrons. The van der Waals surface area contributed by atoms with Crippen molar-refractivity contribution < 1.29 is 4.79 Å². The monoisotopic (exact) mass is 357 g/mol. The molecular formula is C20H24ClN3O. The largest absolute Gasteiger partial charge is 0.347 e. The Morgan fingerprint density at radius 2 is 1.92 bits per heavy atom. The van der Waals surface area contributed by atoms with Crippen LogP contribution in [0.5, 0.6) is 0 Å². The standard InChI is InChI=1S/C20H23N3O.ClH/c1-2-11-23-12-10-16-8-9-17(13-19(16)23)22-20(24)14-18(21)15-6-4-3-5-7-15;/h3-10,12-13,18H,2,11,14,21H2,1H3,(H,22,24);1H. The van der Waals surface area contributed by atoms with Gasteiger partial charge in [0.25, 0.3) is 0 Å². The molecule has 0 aliphatic carbocycles.